The molecule has 0 radical (unpaired) electrons. The van der Waals surface area contributed by atoms with Crippen LogP contribution in [0.4, 0.5) is 10.5 Å². The molecule has 2 aliphatic heterocycles. The third-order valence-electron chi connectivity index (χ3n) is 10.5. The molecular weight excluding hydrogens is 622 g/mol. The highest BCUT2D eigenvalue weighted by Gasteiger charge is 2.36. The lowest BCUT2D eigenvalue weighted by atomic mass is 9.89. The Morgan fingerprint density at radius 1 is 0.673 bits per heavy atom. The van der Waals surface area contributed by atoms with Crippen LogP contribution in [0.5, 0.6) is 0 Å². The van der Waals surface area contributed by atoms with Crippen molar-refractivity contribution in [1.29, 1.82) is 0 Å². The van der Waals surface area contributed by atoms with Gasteiger partial charge in [-0.1, -0.05) is 69.6 Å². The number of hydrazine groups is 2. The molecule has 0 bridgehead atoms. The van der Waals surface area contributed by atoms with Crippen LogP contribution in [0, 0.1) is 23.7 Å². The van der Waals surface area contributed by atoms with Crippen LogP contribution in [0.15, 0.2) is 30.3 Å². The number of carbonyl (C=O) groups excluding carboxylic acids is 5. The van der Waals surface area contributed by atoms with Crippen LogP contribution in [-0.4, -0.2) is 85.0 Å². The monoisotopic (exact) mass is 681 g/mol. The van der Waals surface area contributed by atoms with Crippen molar-refractivity contribution in [3.05, 3.63) is 30.3 Å². The van der Waals surface area contributed by atoms with Crippen molar-refractivity contribution < 1.29 is 24.0 Å². The van der Waals surface area contributed by atoms with E-state index in [0.29, 0.717) is 37.0 Å². The van der Waals surface area contributed by atoms with Crippen molar-refractivity contribution in [1.82, 2.24) is 31.1 Å². The first-order valence-electron chi connectivity index (χ1n) is 18.7. The second-order valence-electron chi connectivity index (χ2n) is 14.1. The molecule has 272 valence electrons. The average molecular weight is 682 g/mol. The van der Waals surface area contributed by atoms with Gasteiger partial charge in [0.2, 0.25) is 23.6 Å². The van der Waals surface area contributed by atoms with Gasteiger partial charge in [0.05, 0.1) is 0 Å². The van der Waals surface area contributed by atoms with Crippen LogP contribution in [0.1, 0.15) is 103 Å². The summed E-state index contributed by atoms with van der Waals surface area (Å²) < 4.78 is 0. The summed E-state index contributed by atoms with van der Waals surface area (Å²) in [5, 5.41) is 13.0. The minimum atomic E-state index is -0.386. The van der Waals surface area contributed by atoms with E-state index in [0.717, 1.165) is 64.5 Å². The molecule has 49 heavy (non-hydrogen) atoms. The van der Waals surface area contributed by atoms with Crippen LogP contribution < -0.4 is 21.4 Å². The van der Waals surface area contributed by atoms with Gasteiger partial charge in [-0.2, -0.15) is 0 Å². The van der Waals surface area contributed by atoms with Crippen molar-refractivity contribution in [3.8, 4) is 0 Å². The van der Waals surface area contributed by atoms with Gasteiger partial charge in [0.15, 0.2) is 0 Å². The third-order valence-corrected chi connectivity index (χ3v) is 10.5. The maximum absolute atomic E-state index is 13.4. The molecule has 0 spiro atoms. The zero-order chi connectivity index (χ0) is 35.0. The minimum Gasteiger partial charge on any atom is -0.359 e. The summed E-state index contributed by atoms with van der Waals surface area (Å²) in [6, 6.07) is 8.94. The van der Waals surface area contributed by atoms with Gasteiger partial charge in [0.1, 0.15) is 0 Å². The Balaban J connectivity index is 0.000000237. The third kappa shape index (κ3) is 12.0. The lowest BCUT2D eigenvalue weighted by molar-refractivity contribution is -0.153. The normalized spacial score (nSPS) is 19.8. The molecule has 2 saturated heterocycles. The number of benzene rings is 1. The van der Waals surface area contributed by atoms with Crippen LogP contribution in [0.2, 0.25) is 0 Å². The molecule has 2 heterocycles. The molecule has 0 unspecified atom stereocenters. The van der Waals surface area contributed by atoms with E-state index in [-0.39, 0.29) is 47.9 Å². The largest absolute Gasteiger partial charge is 0.359 e. The number of carbonyl (C=O) groups is 5. The molecule has 6 amide bonds. The molecule has 2 saturated carbocycles. The number of rotatable bonds is 11. The van der Waals surface area contributed by atoms with Gasteiger partial charge < -0.3 is 16.0 Å². The van der Waals surface area contributed by atoms with Crippen molar-refractivity contribution in [3.63, 3.8) is 0 Å². The summed E-state index contributed by atoms with van der Waals surface area (Å²) in [6.07, 6.45) is 15.6. The molecule has 4 aliphatic rings. The van der Waals surface area contributed by atoms with E-state index in [1.807, 2.05) is 30.3 Å². The highest BCUT2D eigenvalue weighted by Crippen LogP contribution is 2.33. The molecule has 12 nitrogen and oxygen atoms in total. The predicted molar refractivity (Wildman–Crippen MR) is 190 cm³/mol. The Kier molecular flexibility index (Phi) is 15.7. The fourth-order valence-electron chi connectivity index (χ4n) is 7.71. The Labute approximate surface area is 292 Å². The van der Waals surface area contributed by atoms with Crippen LogP contribution >= 0.6 is 0 Å². The maximum atomic E-state index is 13.4. The molecule has 2 atom stereocenters. The van der Waals surface area contributed by atoms with Crippen LogP contribution in [0.3, 0.4) is 0 Å². The number of hydrogen-bond donors (Lipinski definition) is 4. The van der Waals surface area contributed by atoms with Gasteiger partial charge in [0.25, 0.3) is 0 Å². The molecule has 0 aromatic heterocycles. The van der Waals surface area contributed by atoms with Crippen molar-refractivity contribution in [2.75, 3.05) is 45.6 Å². The summed E-state index contributed by atoms with van der Waals surface area (Å²) in [7, 11) is 3.23. The first-order valence-corrected chi connectivity index (χ1v) is 18.7. The molecule has 1 aromatic carbocycles. The number of nitrogens with zero attached hydrogens (tertiary/aromatic N) is 3. The SMILES string of the molecule is CNC(=O)C[C@@H](CC1CCCC1)C(=O)N1CCCCN1.CNC(=O)C[C@@H](CC1CCCC1)C(=O)N1CCCCN1C(=O)Nc1ccccc1. The van der Waals surface area contributed by atoms with Gasteiger partial charge in [-0.15, -0.1) is 0 Å². The maximum Gasteiger partial charge on any atom is 0.340 e. The van der Waals surface area contributed by atoms with Gasteiger partial charge in [-0.05, 0) is 62.5 Å². The van der Waals surface area contributed by atoms with Gasteiger partial charge >= 0.3 is 6.03 Å². The number of amides is 6. The molecule has 1 aromatic rings. The zero-order valence-corrected chi connectivity index (χ0v) is 29.7. The smallest absolute Gasteiger partial charge is 0.340 e. The molecule has 4 fully saturated rings. The first kappa shape index (κ1) is 38.1. The van der Waals surface area contributed by atoms with E-state index in [4.69, 9.17) is 0 Å². The Morgan fingerprint density at radius 2 is 1.18 bits per heavy atom. The Bertz CT molecular complexity index is 1210. The molecule has 2 aliphatic carbocycles. The fourth-order valence-corrected chi connectivity index (χ4v) is 7.71. The minimum absolute atomic E-state index is 0.0293. The van der Waals surface area contributed by atoms with Gasteiger partial charge in [-0.3, -0.25) is 24.2 Å². The highest BCUT2D eigenvalue weighted by atomic mass is 16.2. The quantitative estimate of drug-likeness (QED) is 0.264. The number of hydrogen-bond acceptors (Lipinski definition) is 6. The van der Waals surface area contributed by atoms with E-state index >= 15 is 0 Å². The van der Waals surface area contributed by atoms with Crippen LogP contribution in [-0.2, 0) is 19.2 Å². The van der Waals surface area contributed by atoms with Crippen molar-refractivity contribution in [2.24, 2.45) is 23.7 Å². The number of urea groups is 1. The number of para-hydroxylation sites is 1. The van der Waals surface area contributed by atoms with E-state index in [1.54, 1.807) is 24.1 Å². The summed E-state index contributed by atoms with van der Waals surface area (Å²) >= 11 is 0. The zero-order valence-electron chi connectivity index (χ0n) is 29.7. The predicted octanol–water partition coefficient (Wildman–Crippen LogP) is 4.84. The average Bonchev–Trinajstić information content (AvgIpc) is 3.86. The summed E-state index contributed by atoms with van der Waals surface area (Å²) in [5.41, 5.74) is 3.87. The molecule has 5 rings (SSSR count). The van der Waals surface area contributed by atoms with Crippen LogP contribution in [0.25, 0.3) is 0 Å². The number of nitrogens with one attached hydrogen (secondary N) is 4. The second-order valence-corrected chi connectivity index (χ2v) is 14.1. The molecule has 12 heteroatoms. The molecular formula is C37H59N7O5. The van der Waals surface area contributed by atoms with E-state index in [1.165, 1.54) is 43.5 Å². The fraction of sp³-hybridized carbons (Fsp3) is 0.703. The molecule has 4 N–H and O–H groups in total. The van der Waals surface area contributed by atoms with Crippen molar-refractivity contribution in [2.45, 2.75) is 103 Å². The van der Waals surface area contributed by atoms with Crippen molar-refractivity contribution >= 4 is 35.3 Å². The second kappa shape index (κ2) is 20.1. The van der Waals surface area contributed by atoms with E-state index in [2.05, 4.69) is 21.4 Å². The summed E-state index contributed by atoms with van der Waals surface area (Å²) in [4.78, 5) is 62.7. The topological polar surface area (TPSA) is 143 Å². The lowest BCUT2D eigenvalue weighted by Gasteiger charge is -2.40. The Morgan fingerprint density at radius 3 is 1.69 bits per heavy atom. The lowest BCUT2D eigenvalue weighted by Crippen LogP contribution is -2.56. The highest BCUT2D eigenvalue weighted by molar-refractivity contribution is 5.92. The number of anilines is 1. The van der Waals surface area contributed by atoms with E-state index < -0.39 is 0 Å². The van der Waals surface area contributed by atoms with Gasteiger partial charge in [-0.25, -0.2) is 20.2 Å². The standard InChI is InChI=1S/C22H32N4O3.C15H27N3O2/c1-23-20(27)16-18(15-17-9-5-6-10-17)21(28)25-13-7-8-14-26(25)22(29)24-19-11-3-2-4-12-19;1-16-14(19)11-13(10-12-6-2-3-7-12)15(20)18-9-5-4-8-17-18/h2-4,11-12,17-18H,5-10,13-16H2,1H3,(H,23,27)(H,24,29);12-13,17H,2-11H2,1H3,(H,16,19)/t18-;13-/m11/s1. The summed E-state index contributed by atoms with van der Waals surface area (Å²) in [5.74, 6) is 0.413. The van der Waals surface area contributed by atoms with E-state index in [9.17, 15) is 24.0 Å². The summed E-state index contributed by atoms with van der Waals surface area (Å²) in [6.45, 7) is 2.64. The first-order chi connectivity index (χ1) is 23.8. The Hall–Kier alpha value is -3.67. The van der Waals surface area contributed by atoms with Gasteiger partial charge in [0, 0.05) is 70.6 Å².